The van der Waals surface area contributed by atoms with E-state index in [1.807, 2.05) is 0 Å². The molecule has 0 radical (unpaired) electrons. The number of thioether (sulfide) groups is 1. The van der Waals surface area contributed by atoms with Crippen molar-refractivity contribution in [3.8, 4) is 0 Å². The lowest BCUT2D eigenvalue weighted by molar-refractivity contribution is 0.0910. The summed E-state index contributed by atoms with van der Waals surface area (Å²) in [5.74, 6) is 1.32. The van der Waals surface area contributed by atoms with Crippen LogP contribution >= 0.6 is 11.8 Å². The maximum Gasteiger partial charge on any atom is 0.0447 e. The first-order valence-corrected chi connectivity index (χ1v) is 8.74. The van der Waals surface area contributed by atoms with Crippen LogP contribution < -0.4 is 5.73 Å². The summed E-state index contributed by atoms with van der Waals surface area (Å²) in [5, 5.41) is 0.695. The molecule has 2 unspecified atom stereocenters. The van der Waals surface area contributed by atoms with Gasteiger partial charge in [0.05, 0.1) is 0 Å². The molecule has 2 rings (SSSR count). The van der Waals surface area contributed by atoms with Crippen LogP contribution in [0.5, 0.6) is 0 Å². The number of likely N-dealkylation sites (tertiary alicyclic amines) is 1. The van der Waals surface area contributed by atoms with E-state index in [9.17, 15) is 0 Å². The van der Waals surface area contributed by atoms with Crippen LogP contribution in [0, 0.1) is 5.41 Å². The zero-order chi connectivity index (χ0) is 13.2. The Morgan fingerprint density at radius 3 is 2.50 bits per heavy atom. The number of hydrogen-bond donors (Lipinski definition) is 1. The summed E-state index contributed by atoms with van der Waals surface area (Å²) in [6.07, 6.45) is 6.67. The van der Waals surface area contributed by atoms with E-state index in [1.165, 1.54) is 50.9 Å². The number of nitrogens with zero attached hydrogens (tertiary/aromatic N) is 1. The SMILES string of the molecule is CCC1(CC)CCN(C2(CN)CCCSC2C)C1. The summed E-state index contributed by atoms with van der Waals surface area (Å²) in [4.78, 5) is 2.76. The van der Waals surface area contributed by atoms with Crippen molar-refractivity contribution in [3.63, 3.8) is 0 Å². The third kappa shape index (κ3) is 2.34. The Bertz CT molecular complexity index is 278. The van der Waals surface area contributed by atoms with Gasteiger partial charge in [0, 0.05) is 23.9 Å². The fourth-order valence-corrected chi connectivity index (χ4v) is 5.29. The highest BCUT2D eigenvalue weighted by atomic mass is 32.2. The monoisotopic (exact) mass is 270 g/mol. The number of rotatable bonds is 4. The van der Waals surface area contributed by atoms with E-state index in [-0.39, 0.29) is 5.54 Å². The van der Waals surface area contributed by atoms with Crippen LogP contribution in [0.2, 0.25) is 0 Å². The van der Waals surface area contributed by atoms with Crippen molar-refractivity contribution < 1.29 is 0 Å². The van der Waals surface area contributed by atoms with E-state index in [0.717, 1.165) is 6.54 Å². The van der Waals surface area contributed by atoms with Gasteiger partial charge in [-0.05, 0) is 49.8 Å². The molecule has 2 atom stereocenters. The fraction of sp³-hybridized carbons (Fsp3) is 1.00. The van der Waals surface area contributed by atoms with E-state index >= 15 is 0 Å². The largest absolute Gasteiger partial charge is 0.329 e. The quantitative estimate of drug-likeness (QED) is 0.851. The van der Waals surface area contributed by atoms with Gasteiger partial charge in [0.25, 0.3) is 0 Å². The van der Waals surface area contributed by atoms with Gasteiger partial charge in [0.1, 0.15) is 0 Å². The second-order valence-electron chi connectivity index (χ2n) is 6.30. The zero-order valence-corrected chi connectivity index (χ0v) is 13.2. The van der Waals surface area contributed by atoms with E-state index < -0.39 is 0 Å². The van der Waals surface area contributed by atoms with Crippen LogP contribution in [0.4, 0.5) is 0 Å². The third-order valence-corrected chi connectivity index (χ3v) is 7.26. The summed E-state index contributed by atoms with van der Waals surface area (Å²) in [6.45, 7) is 10.5. The van der Waals surface area contributed by atoms with Gasteiger partial charge in [-0.15, -0.1) is 0 Å². The van der Waals surface area contributed by atoms with Gasteiger partial charge in [-0.3, -0.25) is 4.90 Å². The van der Waals surface area contributed by atoms with Crippen LogP contribution in [0.15, 0.2) is 0 Å². The van der Waals surface area contributed by atoms with Gasteiger partial charge in [-0.1, -0.05) is 20.8 Å². The Morgan fingerprint density at radius 2 is 2.00 bits per heavy atom. The Kier molecular flexibility index (Phi) is 4.66. The molecule has 18 heavy (non-hydrogen) atoms. The molecule has 2 nitrogen and oxygen atoms in total. The molecule has 0 bridgehead atoms. The van der Waals surface area contributed by atoms with Gasteiger partial charge in [0.2, 0.25) is 0 Å². The Hall–Kier alpha value is 0.270. The summed E-state index contributed by atoms with van der Waals surface area (Å²) in [7, 11) is 0. The highest BCUT2D eigenvalue weighted by molar-refractivity contribution is 8.00. The smallest absolute Gasteiger partial charge is 0.0447 e. The van der Waals surface area contributed by atoms with Gasteiger partial charge in [0.15, 0.2) is 0 Å². The molecule has 2 heterocycles. The summed E-state index contributed by atoms with van der Waals surface area (Å²) in [6, 6.07) is 0. The van der Waals surface area contributed by atoms with Crippen molar-refractivity contribution in [3.05, 3.63) is 0 Å². The second kappa shape index (κ2) is 5.72. The summed E-state index contributed by atoms with van der Waals surface area (Å²) in [5.41, 5.74) is 7.09. The topological polar surface area (TPSA) is 29.3 Å². The van der Waals surface area contributed by atoms with E-state index in [0.29, 0.717) is 10.7 Å². The van der Waals surface area contributed by atoms with Crippen LogP contribution in [0.3, 0.4) is 0 Å². The van der Waals surface area contributed by atoms with Gasteiger partial charge in [-0.25, -0.2) is 0 Å². The van der Waals surface area contributed by atoms with Crippen molar-refractivity contribution in [2.24, 2.45) is 11.1 Å². The lowest BCUT2D eigenvalue weighted by Gasteiger charge is -2.49. The molecule has 0 amide bonds. The van der Waals surface area contributed by atoms with Crippen molar-refractivity contribution in [2.75, 3.05) is 25.4 Å². The number of nitrogens with two attached hydrogens (primary N) is 1. The van der Waals surface area contributed by atoms with Crippen LogP contribution in [0.1, 0.15) is 52.9 Å². The molecule has 0 aromatic heterocycles. The Balaban J connectivity index is 2.14. The molecule has 0 aliphatic carbocycles. The lowest BCUT2D eigenvalue weighted by Crippen LogP contribution is -2.60. The lowest BCUT2D eigenvalue weighted by atomic mass is 9.81. The Labute approximate surface area is 117 Å². The molecule has 0 saturated carbocycles. The van der Waals surface area contributed by atoms with Gasteiger partial charge in [-0.2, -0.15) is 11.8 Å². The van der Waals surface area contributed by atoms with Crippen LogP contribution in [0.25, 0.3) is 0 Å². The van der Waals surface area contributed by atoms with E-state index in [4.69, 9.17) is 5.73 Å². The molecule has 2 N–H and O–H groups in total. The number of hydrogen-bond acceptors (Lipinski definition) is 3. The molecule has 2 aliphatic heterocycles. The van der Waals surface area contributed by atoms with Crippen molar-refractivity contribution in [2.45, 2.75) is 63.7 Å². The molecule has 2 saturated heterocycles. The summed E-state index contributed by atoms with van der Waals surface area (Å²) >= 11 is 2.13. The molecule has 2 fully saturated rings. The molecule has 0 spiro atoms. The third-order valence-electron chi connectivity index (χ3n) is 5.80. The first kappa shape index (κ1) is 14.7. The minimum absolute atomic E-state index is 0.287. The molecular weight excluding hydrogens is 240 g/mol. The van der Waals surface area contributed by atoms with E-state index in [2.05, 4.69) is 37.4 Å². The fourth-order valence-electron chi connectivity index (χ4n) is 3.95. The van der Waals surface area contributed by atoms with Gasteiger partial charge < -0.3 is 5.73 Å². The van der Waals surface area contributed by atoms with Crippen molar-refractivity contribution in [1.29, 1.82) is 0 Å². The van der Waals surface area contributed by atoms with Crippen LogP contribution in [-0.2, 0) is 0 Å². The summed E-state index contributed by atoms with van der Waals surface area (Å²) < 4.78 is 0. The van der Waals surface area contributed by atoms with Crippen LogP contribution in [-0.4, -0.2) is 41.1 Å². The maximum absolute atomic E-state index is 6.22. The second-order valence-corrected chi connectivity index (χ2v) is 7.75. The molecular formula is C15H30N2S. The predicted molar refractivity (Wildman–Crippen MR) is 82.1 cm³/mol. The minimum atomic E-state index is 0.287. The standard InChI is InChI=1S/C15H30N2S/c1-4-14(5-2)8-9-17(12-14)15(11-16)7-6-10-18-13(15)3/h13H,4-12,16H2,1-3H3. The highest BCUT2D eigenvalue weighted by Crippen LogP contribution is 2.45. The predicted octanol–water partition coefficient (Wildman–Crippen LogP) is 3.11. The maximum atomic E-state index is 6.22. The average molecular weight is 270 g/mol. The van der Waals surface area contributed by atoms with Crippen molar-refractivity contribution in [1.82, 2.24) is 4.90 Å². The average Bonchev–Trinajstić information content (AvgIpc) is 2.85. The molecule has 3 heteroatoms. The molecule has 2 aliphatic rings. The first-order valence-electron chi connectivity index (χ1n) is 7.69. The molecule has 0 aromatic carbocycles. The highest BCUT2D eigenvalue weighted by Gasteiger charge is 2.48. The Morgan fingerprint density at radius 1 is 1.28 bits per heavy atom. The molecule has 106 valence electrons. The first-order chi connectivity index (χ1) is 8.62. The van der Waals surface area contributed by atoms with Crippen molar-refractivity contribution >= 4 is 11.8 Å². The normalized spacial score (nSPS) is 37.0. The minimum Gasteiger partial charge on any atom is -0.329 e. The molecule has 0 aromatic rings. The zero-order valence-electron chi connectivity index (χ0n) is 12.4. The van der Waals surface area contributed by atoms with E-state index in [1.54, 1.807) is 0 Å². The van der Waals surface area contributed by atoms with Gasteiger partial charge >= 0.3 is 0 Å².